The van der Waals surface area contributed by atoms with Crippen LogP contribution in [0.3, 0.4) is 0 Å². The zero-order valence-corrected chi connectivity index (χ0v) is 6.96. The van der Waals surface area contributed by atoms with Crippen molar-refractivity contribution in [3.63, 3.8) is 0 Å². The first-order chi connectivity index (χ1) is 4.79. The van der Waals surface area contributed by atoms with Gasteiger partial charge in [0.25, 0.3) is 0 Å². The van der Waals surface area contributed by atoms with E-state index in [9.17, 15) is 0 Å². The van der Waals surface area contributed by atoms with Gasteiger partial charge in [0.2, 0.25) is 0 Å². The molecule has 0 spiro atoms. The smallest absolute Gasteiger partial charge is 0.116 e. The second-order valence-corrected chi connectivity index (χ2v) is 3.83. The van der Waals surface area contributed by atoms with Crippen LogP contribution in [0.15, 0.2) is 36.3 Å². The number of allylic oxidation sites excluding steroid dienone is 1. The van der Waals surface area contributed by atoms with Gasteiger partial charge in [0.1, 0.15) is 9.52 Å². The summed E-state index contributed by atoms with van der Waals surface area (Å²) in [6.45, 7) is 5.87. The van der Waals surface area contributed by atoms with Crippen molar-refractivity contribution in [2.75, 3.05) is 0 Å². The second kappa shape index (κ2) is 3.32. The molecule has 2 heteroatoms. The van der Waals surface area contributed by atoms with Gasteiger partial charge < -0.3 is 0 Å². The Balaban J connectivity index is 2.67. The number of aromatic nitrogens is 1. The molecule has 0 fully saturated rings. The molecule has 2 radical (unpaired) electrons. The molecule has 1 nitrogen and oxygen atoms in total. The zero-order chi connectivity index (χ0) is 7.40. The Bertz CT molecular complexity index is 218. The third kappa shape index (κ3) is 2.15. The Kier molecular flexibility index (Phi) is 2.40. The molecule has 0 aliphatic rings. The van der Waals surface area contributed by atoms with Crippen molar-refractivity contribution in [3.8, 4) is 0 Å². The van der Waals surface area contributed by atoms with Crippen LogP contribution in [0.4, 0.5) is 0 Å². The summed E-state index contributed by atoms with van der Waals surface area (Å²) in [5.41, 5.74) is 0. The molecule has 10 heavy (non-hydrogen) atoms. The van der Waals surface area contributed by atoms with Gasteiger partial charge in [0.05, 0.1) is 0 Å². The fourth-order valence-electron chi connectivity index (χ4n) is 0.683. The van der Waals surface area contributed by atoms with Crippen molar-refractivity contribution in [2.24, 2.45) is 0 Å². The fourth-order valence-corrected chi connectivity index (χ4v) is 1.49. The van der Waals surface area contributed by atoms with E-state index in [0.29, 0.717) is 9.52 Å². The van der Waals surface area contributed by atoms with Crippen LogP contribution in [0.2, 0.25) is 0 Å². The van der Waals surface area contributed by atoms with Gasteiger partial charge in [-0.25, -0.2) is 0 Å². The van der Waals surface area contributed by atoms with E-state index in [-0.39, 0.29) is 0 Å². The molecule has 0 aromatic carbocycles. The first-order valence-corrected chi connectivity index (χ1v) is 4.11. The van der Waals surface area contributed by atoms with Crippen LogP contribution in [0.25, 0.3) is 0 Å². The molecule has 0 aliphatic heterocycles. The van der Waals surface area contributed by atoms with Gasteiger partial charge in [-0.1, -0.05) is 11.3 Å². The molecule has 0 saturated carbocycles. The molecule has 0 saturated heterocycles. The number of hydrogen-bond acceptors (Lipinski definition) is 1. The Morgan fingerprint density at radius 3 is 3.00 bits per heavy atom. The van der Waals surface area contributed by atoms with Gasteiger partial charge in [0, 0.05) is 12.4 Å². The molecule has 1 aromatic rings. The van der Waals surface area contributed by atoms with Crippen LogP contribution < -0.4 is 5.19 Å². The van der Waals surface area contributed by atoms with Gasteiger partial charge >= 0.3 is 0 Å². The maximum Gasteiger partial charge on any atom is 0.116 e. The topological polar surface area (TPSA) is 12.9 Å². The summed E-state index contributed by atoms with van der Waals surface area (Å²) in [5.74, 6) is 0. The summed E-state index contributed by atoms with van der Waals surface area (Å²) in [5, 5.41) is 2.46. The van der Waals surface area contributed by atoms with E-state index >= 15 is 0 Å². The number of nitrogens with zero attached hydrogens (tertiary/aromatic N) is 1. The largest absolute Gasteiger partial charge is 0.265 e. The normalized spacial score (nSPS) is 9.30. The molecule has 1 aromatic heterocycles. The van der Waals surface area contributed by atoms with Crippen LogP contribution in [-0.2, 0) is 0 Å². The quantitative estimate of drug-likeness (QED) is 0.567. The Hall–Kier alpha value is -0.893. The number of rotatable bonds is 2. The lowest BCUT2D eigenvalue weighted by molar-refractivity contribution is 1.35. The average Bonchev–Trinajstić information content (AvgIpc) is 1.88. The number of hydrogen-bond donors (Lipinski definition) is 0. The molecular formula is C8H9NSi. The number of pyridine rings is 1. The molecule has 1 rings (SSSR count). The van der Waals surface area contributed by atoms with Crippen molar-refractivity contribution in [1.82, 2.24) is 4.98 Å². The highest BCUT2D eigenvalue weighted by Crippen LogP contribution is 1.83. The molecule has 0 amide bonds. The van der Waals surface area contributed by atoms with Gasteiger partial charge in [-0.15, -0.1) is 6.58 Å². The van der Waals surface area contributed by atoms with Crippen molar-refractivity contribution in [1.29, 1.82) is 0 Å². The monoisotopic (exact) mass is 147 g/mol. The van der Waals surface area contributed by atoms with E-state index in [1.165, 1.54) is 10.4 Å². The lowest BCUT2D eigenvalue weighted by atomic mass is 10.5. The van der Waals surface area contributed by atoms with E-state index in [4.69, 9.17) is 0 Å². The van der Waals surface area contributed by atoms with E-state index in [1.807, 2.05) is 19.2 Å². The summed E-state index contributed by atoms with van der Waals surface area (Å²) in [6, 6.07) is 4.02. The average molecular weight is 147 g/mol. The summed E-state index contributed by atoms with van der Waals surface area (Å²) in [7, 11) is 0.704. The molecule has 0 bridgehead atoms. The molecular weight excluding hydrogens is 138 g/mol. The van der Waals surface area contributed by atoms with Crippen molar-refractivity contribution >= 4 is 14.7 Å². The predicted octanol–water partition coefficient (Wildman–Crippen LogP) is 0.945. The Labute approximate surface area is 63.6 Å². The highest BCUT2D eigenvalue weighted by molar-refractivity contribution is 6.60. The summed E-state index contributed by atoms with van der Waals surface area (Å²) >= 11 is 0. The minimum atomic E-state index is 0.704. The third-order valence-electron chi connectivity index (χ3n) is 1.02. The van der Waals surface area contributed by atoms with E-state index in [1.54, 1.807) is 6.20 Å². The summed E-state index contributed by atoms with van der Waals surface area (Å²) < 4.78 is 0. The van der Waals surface area contributed by atoms with Crippen molar-refractivity contribution in [2.45, 2.75) is 6.92 Å². The van der Waals surface area contributed by atoms with Gasteiger partial charge in [-0.05, 0) is 18.2 Å². The van der Waals surface area contributed by atoms with Crippen LogP contribution in [-0.4, -0.2) is 14.5 Å². The van der Waals surface area contributed by atoms with Crippen molar-refractivity contribution in [3.05, 3.63) is 36.3 Å². The van der Waals surface area contributed by atoms with E-state index in [2.05, 4.69) is 17.6 Å². The summed E-state index contributed by atoms with van der Waals surface area (Å²) in [4.78, 5) is 4.00. The molecule has 50 valence electrons. The molecule has 0 aliphatic carbocycles. The fraction of sp³-hybridized carbons (Fsp3) is 0.125. The van der Waals surface area contributed by atoms with Gasteiger partial charge in [0.15, 0.2) is 0 Å². The zero-order valence-electron chi connectivity index (χ0n) is 5.96. The van der Waals surface area contributed by atoms with Crippen LogP contribution in [0, 0.1) is 0 Å². The van der Waals surface area contributed by atoms with E-state index < -0.39 is 0 Å². The minimum Gasteiger partial charge on any atom is -0.265 e. The highest BCUT2D eigenvalue weighted by atomic mass is 28.2. The standard InChI is InChI=1S/C8H9NSi/c1-7(2)10-8-4-3-5-9-6-8/h3-6H,1H2,2H3. The van der Waals surface area contributed by atoms with Crippen LogP contribution >= 0.6 is 0 Å². The first kappa shape index (κ1) is 7.22. The van der Waals surface area contributed by atoms with Crippen molar-refractivity contribution < 1.29 is 0 Å². The minimum absolute atomic E-state index is 0.704. The van der Waals surface area contributed by atoms with Crippen LogP contribution in [0.1, 0.15) is 6.92 Å². The summed E-state index contributed by atoms with van der Waals surface area (Å²) in [6.07, 6.45) is 3.67. The molecule has 0 N–H and O–H groups in total. The lowest BCUT2D eigenvalue weighted by Gasteiger charge is -1.94. The first-order valence-electron chi connectivity index (χ1n) is 3.11. The highest BCUT2D eigenvalue weighted by Gasteiger charge is 1.91. The molecule has 0 atom stereocenters. The molecule has 1 heterocycles. The maximum absolute atomic E-state index is 4.00. The van der Waals surface area contributed by atoms with Crippen LogP contribution in [0.5, 0.6) is 0 Å². The Morgan fingerprint density at radius 1 is 1.70 bits per heavy atom. The Morgan fingerprint density at radius 2 is 2.50 bits per heavy atom. The third-order valence-corrected chi connectivity index (χ3v) is 2.03. The van der Waals surface area contributed by atoms with E-state index in [0.717, 1.165) is 0 Å². The maximum atomic E-state index is 4.00. The van der Waals surface area contributed by atoms with Gasteiger partial charge in [-0.3, -0.25) is 4.98 Å². The van der Waals surface area contributed by atoms with Gasteiger partial charge in [-0.2, -0.15) is 0 Å². The SMILES string of the molecule is C=C(C)[Si]c1cccnc1. The molecule has 0 unspecified atom stereocenters. The lowest BCUT2D eigenvalue weighted by Crippen LogP contribution is -2.14. The second-order valence-electron chi connectivity index (χ2n) is 2.15. The predicted molar refractivity (Wildman–Crippen MR) is 44.4 cm³/mol.